The Kier molecular flexibility index (Phi) is 7.17. The van der Waals surface area contributed by atoms with Gasteiger partial charge in [0.05, 0.1) is 6.61 Å². The number of hydrogen-bond donors (Lipinski definition) is 3. The van der Waals surface area contributed by atoms with Gasteiger partial charge >= 0.3 is 5.97 Å². The molecular formula is C20H31N3O3. The Bertz CT molecular complexity index is 647. The number of nitrogens with one attached hydrogen (secondary N) is 3. The fourth-order valence-electron chi connectivity index (χ4n) is 2.97. The van der Waals surface area contributed by atoms with E-state index in [0.29, 0.717) is 6.61 Å². The van der Waals surface area contributed by atoms with Gasteiger partial charge in [0.2, 0.25) is 5.91 Å². The molecule has 1 aromatic rings. The Morgan fingerprint density at radius 2 is 1.77 bits per heavy atom. The second kappa shape index (κ2) is 9.14. The highest BCUT2D eigenvalue weighted by Crippen LogP contribution is 2.18. The minimum Gasteiger partial charge on any atom is -0.464 e. The van der Waals surface area contributed by atoms with Crippen LogP contribution in [0.2, 0.25) is 0 Å². The maximum atomic E-state index is 12.9. The molecule has 0 bridgehead atoms. The van der Waals surface area contributed by atoms with E-state index < -0.39 is 12.1 Å². The van der Waals surface area contributed by atoms with E-state index in [4.69, 9.17) is 4.74 Å². The summed E-state index contributed by atoms with van der Waals surface area (Å²) in [6.45, 7) is 10.3. The quantitative estimate of drug-likeness (QED) is 0.535. The van der Waals surface area contributed by atoms with Crippen molar-refractivity contribution in [1.29, 1.82) is 0 Å². The summed E-state index contributed by atoms with van der Waals surface area (Å²) in [5.41, 5.74) is 2.82. The van der Waals surface area contributed by atoms with Crippen LogP contribution >= 0.6 is 0 Å². The van der Waals surface area contributed by atoms with Crippen molar-refractivity contribution in [1.82, 2.24) is 10.6 Å². The van der Waals surface area contributed by atoms with Gasteiger partial charge in [0, 0.05) is 17.8 Å². The minimum atomic E-state index is -0.705. The van der Waals surface area contributed by atoms with Crippen LogP contribution in [0.5, 0.6) is 0 Å². The SMILES string of the molecule is CCCCOC(=O)C1NC(C)C(C)NC1C(=O)Nc1cc(C)ccc1C. The Morgan fingerprint density at radius 3 is 2.42 bits per heavy atom. The molecule has 4 unspecified atom stereocenters. The van der Waals surface area contributed by atoms with Gasteiger partial charge in [-0.1, -0.05) is 25.5 Å². The number of benzene rings is 1. The molecule has 2 rings (SSSR count). The van der Waals surface area contributed by atoms with Gasteiger partial charge in [-0.25, -0.2) is 0 Å². The van der Waals surface area contributed by atoms with Crippen LogP contribution in [0.15, 0.2) is 18.2 Å². The zero-order chi connectivity index (χ0) is 19.3. The number of amides is 1. The van der Waals surface area contributed by atoms with E-state index in [2.05, 4.69) is 16.0 Å². The van der Waals surface area contributed by atoms with E-state index in [-0.39, 0.29) is 24.0 Å². The van der Waals surface area contributed by atoms with Crippen molar-refractivity contribution in [3.63, 3.8) is 0 Å². The van der Waals surface area contributed by atoms with Crippen molar-refractivity contribution in [3.8, 4) is 0 Å². The summed E-state index contributed by atoms with van der Waals surface area (Å²) in [5, 5.41) is 9.46. The summed E-state index contributed by atoms with van der Waals surface area (Å²) in [5.74, 6) is -0.617. The van der Waals surface area contributed by atoms with E-state index in [1.165, 1.54) is 0 Å². The third-order valence-corrected chi connectivity index (χ3v) is 4.90. The van der Waals surface area contributed by atoms with Gasteiger partial charge in [0.1, 0.15) is 12.1 Å². The van der Waals surface area contributed by atoms with Gasteiger partial charge in [-0.2, -0.15) is 0 Å². The van der Waals surface area contributed by atoms with Gasteiger partial charge in [-0.3, -0.25) is 20.2 Å². The van der Waals surface area contributed by atoms with Crippen LogP contribution in [-0.2, 0) is 14.3 Å². The van der Waals surface area contributed by atoms with Crippen LogP contribution in [0, 0.1) is 13.8 Å². The van der Waals surface area contributed by atoms with Gasteiger partial charge in [0.15, 0.2) is 0 Å². The van der Waals surface area contributed by atoms with Crippen LogP contribution in [0.1, 0.15) is 44.7 Å². The van der Waals surface area contributed by atoms with Crippen molar-refractivity contribution in [3.05, 3.63) is 29.3 Å². The molecule has 0 radical (unpaired) electrons. The van der Waals surface area contributed by atoms with E-state index in [0.717, 1.165) is 29.7 Å². The number of carbonyl (C=O) groups excluding carboxylic acids is 2. The Balaban J connectivity index is 2.14. The predicted molar refractivity (Wildman–Crippen MR) is 103 cm³/mol. The summed E-state index contributed by atoms with van der Waals surface area (Å²) < 4.78 is 5.36. The lowest BCUT2D eigenvalue weighted by molar-refractivity contribution is -0.149. The number of piperazine rings is 1. The lowest BCUT2D eigenvalue weighted by Gasteiger charge is -2.39. The topological polar surface area (TPSA) is 79.5 Å². The Hall–Kier alpha value is -1.92. The van der Waals surface area contributed by atoms with Crippen LogP contribution in [-0.4, -0.2) is 42.7 Å². The van der Waals surface area contributed by atoms with Gasteiger partial charge in [-0.15, -0.1) is 0 Å². The first-order chi connectivity index (χ1) is 12.3. The number of anilines is 1. The number of rotatable bonds is 6. The molecule has 1 heterocycles. The minimum absolute atomic E-state index is 0.0588. The highest BCUT2D eigenvalue weighted by molar-refractivity contribution is 5.99. The molecule has 144 valence electrons. The summed E-state index contributed by atoms with van der Waals surface area (Å²) in [7, 11) is 0. The molecule has 1 aliphatic heterocycles. The number of esters is 1. The molecule has 1 amide bonds. The molecule has 0 aliphatic carbocycles. The van der Waals surface area contributed by atoms with E-state index in [1.54, 1.807) is 0 Å². The van der Waals surface area contributed by atoms with Crippen molar-refractivity contribution in [2.45, 2.75) is 71.6 Å². The van der Waals surface area contributed by atoms with Crippen LogP contribution in [0.4, 0.5) is 5.69 Å². The van der Waals surface area contributed by atoms with E-state index >= 15 is 0 Å². The van der Waals surface area contributed by atoms with Crippen LogP contribution in [0.3, 0.4) is 0 Å². The maximum absolute atomic E-state index is 12.9. The molecule has 1 aromatic carbocycles. The zero-order valence-corrected chi connectivity index (χ0v) is 16.4. The van der Waals surface area contributed by atoms with Crippen LogP contribution in [0.25, 0.3) is 0 Å². The molecule has 1 saturated heterocycles. The Morgan fingerprint density at radius 1 is 1.12 bits per heavy atom. The molecule has 26 heavy (non-hydrogen) atoms. The largest absolute Gasteiger partial charge is 0.464 e. The predicted octanol–water partition coefficient (Wildman–Crippen LogP) is 2.29. The summed E-state index contributed by atoms with van der Waals surface area (Å²) in [6, 6.07) is 4.64. The van der Waals surface area contributed by atoms with Gasteiger partial charge in [0.25, 0.3) is 0 Å². The average Bonchev–Trinajstić information content (AvgIpc) is 2.60. The summed E-state index contributed by atoms with van der Waals surface area (Å²) in [4.78, 5) is 25.4. The van der Waals surface area contributed by atoms with Crippen LogP contribution < -0.4 is 16.0 Å². The highest BCUT2D eigenvalue weighted by Gasteiger charge is 2.41. The molecule has 0 saturated carbocycles. The first kappa shape index (κ1) is 20.4. The summed E-state index contributed by atoms with van der Waals surface area (Å²) in [6.07, 6.45) is 1.77. The fraction of sp³-hybridized carbons (Fsp3) is 0.600. The molecule has 3 N–H and O–H groups in total. The van der Waals surface area contributed by atoms with Crippen molar-refractivity contribution < 1.29 is 14.3 Å². The number of unbranched alkanes of at least 4 members (excludes halogenated alkanes) is 1. The van der Waals surface area contributed by atoms with E-state index in [1.807, 2.05) is 52.8 Å². The first-order valence-electron chi connectivity index (χ1n) is 9.40. The lowest BCUT2D eigenvalue weighted by Crippen LogP contribution is -2.69. The monoisotopic (exact) mass is 361 g/mol. The van der Waals surface area contributed by atoms with E-state index in [9.17, 15) is 9.59 Å². The lowest BCUT2D eigenvalue weighted by atomic mass is 9.97. The molecule has 4 atom stereocenters. The number of hydrogen-bond acceptors (Lipinski definition) is 5. The standard InChI is InChI=1S/C20H31N3O3/c1-6-7-10-26-20(25)18-17(21-14(4)15(5)22-18)19(24)23-16-11-12(2)8-9-13(16)3/h8-9,11,14-15,17-18,21-22H,6-7,10H2,1-5H3,(H,23,24). The second-order valence-corrected chi connectivity index (χ2v) is 7.19. The molecule has 0 aromatic heterocycles. The molecule has 1 aliphatic rings. The third kappa shape index (κ3) is 5.05. The third-order valence-electron chi connectivity index (χ3n) is 4.90. The smallest absolute Gasteiger partial charge is 0.325 e. The second-order valence-electron chi connectivity index (χ2n) is 7.19. The summed E-state index contributed by atoms with van der Waals surface area (Å²) >= 11 is 0. The Labute approximate surface area is 156 Å². The van der Waals surface area contributed by atoms with Crippen molar-refractivity contribution >= 4 is 17.6 Å². The number of aryl methyl sites for hydroxylation is 2. The fourth-order valence-corrected chi connectivity index (χ4v) is 2.97. The van der Waals surface area contributed by atoms with Crippen molar-refractivity contribution in [2.24, 2.45) is 0 Å². The van der Waals surface area contributed by atoms with Gasteiger partial charge < -0.3 is 10.1 Å². The highest BCUT2D eigenvalue weighted by atomic mass is 16.5. The molecule has 6 nitrogen and oxygen atoms in total. The zero-order valence-electron chi connectivity index (χ0n) is 16.4. The molecular weight excluding hydrogens is 330 g/mol. The normalized spacial score (nSPS) is 25.6. The van der Waals surface area contributed by atoms with Gasteiger partial charge in [-0.05, 0) is 51.3 Å². The molecule has 0 spiro atoms. The number of carbonyl (C=O) groups is 2. The molecule has 1 fully saturated rings. The van der Waals surface area contributed by atoms with Crippen molar-refractivity contribution in [2.75, 3.05) is 11.9 Å². The molecule has 6 heteroatoms. The maximum Gasteiger partial charge on any atom is 0.325 e. The number of ether oxygens (including phenoxy) is 1. The first-order valence-corrected chi connectivity index (χ1v) is 9.40. The average molecular weight is 361 g/mol.